The van der Waals surface area contributed by atoms with E-state index in [-0.39, 0.29) is 11.9 Å². The summed E-state index contributed by atoms with van der Waals surface area (Å²) in [5.74, 6) is -0.260. The second kappa shape index (κ2) is 6.25. The zero-order valence-electron chi connectivity index (χ0n) is 10.1. The number of nitrogens with one attached hydrogen (secondary N) is 1. The summed E-state index contributed by atoms with van der Waals surface area (Å²) in [5, 5.41) is 3.95. The van der Waals surface area contributed by atoms with Crippen LogP contribution in [0.25, 0.3) is 0 Å². The molecule has 100 valence electrons. The lowest BCUT2D eigenvalue weighted by Crippen LogP contribution is -2.07. The van der Waals surface area contributed by atoms with Crippen molar-refractivity contribution in [1.82, 2.24) is 0 Å². The van der Waals surface area contributed by atoms with E-state index in [4.69, 9.17) is 11.6 Å². The van der Waals surface area contributed by atoms with Crippen LogP contribution < -0.4 is 5.32 Å². The summed E-state index contributed by atoms with van der Waals surface area (Å²) < 4.78 is 14.7. The van der Waals surface area contributed by atoms with Crippen LogP contribution >= 0.6 is 43.5 Å². The maximum Gasteiger partial charge on any atom is 0.124 e. The predicted octanol–water partition coefficient (Wildman–Crippen LogP) is 6.18. The van der Waals surface area contributed by atoms with Gasteiger partial charge in [0.25, 0.3) is 0 Å². The molecule has 0 aliphatic heterocycles. The van der Waals surface area contributed by atoms with Gasteiger partial charge in [0.1, 0.15) is 5.82 Å². The van der Waals surface area contributed by atoms with Gasteiger partial charge in [0.15, 0.2) is 0 Å². The smallest absolute Gasteiger partial charge is 0.124 e. The molecule has 1 unspecified atom stereocenters. The van der Waals surface area contributed by atoms with Crippen LogP contribution in [-0.2, 0) is 0 Å². The van der Waals surface area contributed by atoms with Crippen LogP contribution in [0.3, 0.4) is 0 Å². The van der Waals surface area contributed by atoms with Crippen LogP contribution in [0.1, 0.15) is 18.5 Å². The Hall–Kier alpha value is -0.580. The van der Waals surface area contributed by atoms with E-state index in [1.165, 1.54) is 12.1 Å². The minimum Gasteiger partial charge on any atom is -0.377 e. The molecular formula is C14H11Br2ClFN. The number of hydrogen-bond donors (Lipinski definition) is 1. The van der Waals surface area contributed by atoms with E-state index in [1.807, 2.05) is 25.1 Å². The molecule has 0 amide bonds. The number of benzene rings is 2. The first-order valence-electron chi connectivity index (χ1n) is 5.64. The second-order valence-electron chi connectivity index (χ2n) is 4.16. The zero-order chi connectivity index (χ0) is 14.0. The first-order valence-corrected chi connectivity index (χ1v) is 7.60. The van der Waals surface area contributed by atoms with E-state index >= 15 is 0 Å². The number of anilines is 1. The predicted molar refractivity (Wildman–Crippen MR) is 85.3 cm³/mol. The van der Waals surface area contributed by atoms with Crippen molar-refractivity contribution in [1.29, 1.82) is 0 Å². The molecule has 0 aliphatic rings. The summed E-state index contributed by atoms with van der Waals surface area (Å²) in [4.78, 5) is 0. The Kier molecular flexibility index (Phi) is 4.87. The fourth-order valence-corrected chi connectivity index (χ4v) is 3.19. The molecule has 0 radical (unpaired) electrons. The van der Waals surface area contributed by atoms with Gasteiger partial charge >= 0.3 is 0 Å². The molecule has 5 heteroatoms. The molecule has 0 heterocycles. The Labute approximate surface area is 133 Å². The third-order valence-electron chi connectivity index (χ3n) is 2.73. The van der Waals surface area contributed by atoms with E-state index in [1.54, 1.807) is 6.07 Å². The number of hydrogen-bond acceptors (Lipinski definition) is 1. The number of halogens is 4. The van der Waals surface area contributed by atoms with Crippen LogP contribution in [0.2, 0.25) is 5.02 Å². The van der Waals surface area contributed by atoms with Gasteiger partial charge in [-0.15, -0.1) is 0 Å². The van der Waals surface area contributed by atoms with Crippen LogP contribution in [-0.4, -0.2) is 0 Å². The van der Waals surface area contributed by atoms with Crippen molar-refractivity contribution in [3.8, 4) is 0 Å². The molecule has 0 saturated heterocycles. The molecule has 1 nitrogen and oxygen atoms in total. The van der Waals surface area contributed by atoms with E-state index in [2.05, 4.69) is 37.2 Å². The summed E-state index contributed by atoms with van der Waals surface area (Å²) in [5.41, 5.74) is 1.81. The SMILES string of the molecule is CC(Nc1ccc(Br)cc1Cl)c1ccc(F)cc1Br. The van der Waals surface area contributed by atoms with Gasteiger partial charge < -0.3 is 5.32 Å². The van der Waals surface area contributed by atoms with Gasteiger partial charge in [0.05, 0.1) is 10.7 Å². The average molecular weight is 408 g/mol. The second-order valence-corrected chi connectivity index (χ2v) is 6.33. The van der Waals surface area contributed by atoms with Crippen molar-refractivity contribution >= 4 is 49.1 Å². The summed E-state index contributed by atoms with van der Waals surface area (Å²) in [6.07, 6.45) is 0. The topological polar surface area (TPSA) is 12.0 Å². The molecule has 2 rings (SSSR count). The van der Waals surface area contributed by atoms with Crippen LogP contribution in [0.15, 0.2) is 45.3 Å². The van der Waals surface area contributed by atoms with E-state index < -0.39 is 0 Å². The lowest BCUT2D eigenvalue weighted by atomic mass is 10.1. The average Bonchev–Trinajstić information content (AvgIpc) is 2.32. The van der Waals surface area contributed by atoms with Gasteiger partial charge in [-0.3, -0.25) is 0 Å². The molecule has 1 N–H and O–H groups in total. The molecule has 2 aromatic carbocycles. The molecule has 19 heavy (non-hydrogen) atoms. The van der Waals surface area contributed by atoms with Crippen molar-refractivity contribution in [3.05, 3.63) is 61.7 Å². The first kappa shape index (κ1) is 14.8. The largest absolute Gasteiger partial charge is 0.377 e. The molecule has 0 spiro atoms. The molecule has 0 fully saturated rings. The van der Waals surface area contributed by atoms with Crippen molar-refractivity contribution in [2.24, 2.45) is 0 Å². The Balaban J connectivity index is 2.23. The van der Waals surface area contributed by atoms with E-state index in [9.17, 15) is 4.39 Å². The summed E-state index contributed by atoms with van der Waals surface area (Å²) in [6, 6.07) is 10.3. The highest BCUT2D eigenvalue weighted by Crippen LogP contribution is 2.31. The molecule has 1 atom stereocenters. The Bertz CT molecular complexity index is 604. The highest BCUT2D eigenvalue weighted by molar-refractivity contribution is 9.10. The third kappa shape index (κ3) is 3.71. The highest BCUT2D eigenvalue weighted by atomic mass is 79.9. The number of rotatable bonds is 3. The fourth-order valence-electron chi connectivity index (χ4n) is 1.77. The minimum absolute atomic E-state index is 0.00801. The minimum atomic E-state index is -0.260. The highest BCUT2D eigenvalue weighted by Gasteiger charge is 2.11. The molecule has 0 saturated carbocycles. The Morgan fingerprint density at radius 2 is 1.89 bits per heavy atom. The van der Waals surface area contributed by atoms with Gasteiger partial charge in [0, 0.05) is 15.0 Å². The molecule has 0 bridgehead atoms. The first-order chi connectivity index (χ1) is 8.97. The van der Waals surface area contributed by atoms with Crippen LogP contribution in [0, 0.1) is 5.82 Å². The van der Waals surface area contributed by atoms with E-state index in [0.29, 0.717) is 5.02 Å². The molecule has 2 aromatic rings. The van der Waals surface area contributed by atoms with Crippen LogP contribution in [0.4, 0.5) is 10.1 Å². The zero-order valence-corrected chi connectivity index (χ0v) is 14.0. The summed E-state index contributed by atoms with van der Waals surface area (Å²) >= 11 is 12.9. The molecular weight excluding hydrogens is 396 g/mol. The van der Waals surface area contributed by atoms with Crippen molar-refractivity contribution in [2.75, 3.05) is 5.32 Å². The van der Waals surface area contributed by atoms with Gasteiger partial charge in [0.2, 0.25) is 0 Å². The maximum atomic E-state index is 13.1. The van der Waals surface area contributed by atoms with E-state index in [0.717, 1.165) is 20.2 Å². The van der Waals surface area contributed by atoms with Gasteiger partial charge in [-0.1, -0.05) is 49.5 Å². The van der Waals surface area contributed by atoms with Gasteiger partial charge in [-0.2, -0.15) is 0 Å². The standard InChI is InChI=1S/C14H11Br2ClFN/c1-8(11-4-3-10(18)7-12(11)16)19-14-5-2-9(15)6-13(14)17/h2-8,19H,1H3. The lowest BCUT2D eigenvalue weighted by molar-refractivity contribution is 0.625. The Morgan fingerprint density at radius 1 is 1.16 bits per heavy atom. The maximum absolute atomic E-state index is 13.1. The molecule has 0 aliphatic carbocycles. The normalized spacial score (nSPS) is 12.3. The van der Waals surface area contributed by atoms with Crippen molar-refractivity contribution in [3.63, 3.8) is 0 Å². The van der Waals surface area contributed by atoms with Gasteiger partial charge in [-0.25, -0.2) is 4.39 Å². The monoisotopic (exact) mass is 405 g/mol. The third-order valence-corrected chi connectivity index (χ3v) is 4.22. The fraction of sp³-hybridized carbons (Fsp3) is 0.143. The summed E-state index contributed by atoms with van der Waals surface area (Å²) in [7, 11) is 0. The lowest BCUT2D eigenvalue weighted by Gasteiger charge is -2.18. The molecule has 0 aromatic heterocycles. The van der Waals surface area contributed by atoms with Crippen LogP contribution in [0.5, 0.6) is 0 Å². The quantitative estimate of drug-likeness (QED) is 0.641. The van der Waals surface area contributed by atoms with Crippen molar-refractivity contribution < 1.29 is 4.39 Å². The Morgan fingerprint density at radius 3 is 2.53 bits per heavy atom. The summed E-state index contributed by atoms with van der Waals surface area (Å²) in [6.45, 7) is 2.00. The van der Waals surface area contributed by atoms with Crippen molar-refractivity contribution in [2.45, 2.75) is 13.0 Å². The van der Waals surface area contributed by atoms with Gasteiger partial charge in [-0.05, 0) is 42.8 Å².